The van der Waals surface area contributed by atoms with Crippen LogP contribution in [0.15, 0.2) is 48.5 Å². The summed E-state index contributed by atoms with van der Waals surface area (Å²) in [5.41, 5.74) is 2.06. The van der Waals surface area contributed by atoms with Gasteiger partial charge in [0.05, 0.1) is 10.2 Å². The van der Waals surface area contributed by atoms with Gasteiger partial charge < -0.3 is 16.0 Å². The molecule has 0 aliphatic rings. The Hall–Kier alpha value is -2.93. The van der Waals surface area contributed by atoms with E-state index in [9.17, 15) is 9.59 Å². The van der Waals surface area contributed by atoms with E-state index in [2.05, 4.69) is 20.9 Å². The van der Waals surface area contributed by atoms with Crippen molar-refractivity contribution in [2.75, 3.05) is 16.0 Å². The number of urea groups is 1. The third kappa shape index (κ3) is 3.83. The van der Waals surface area contributed by atoms with Crippen molar-refractivity contribution in [2.24, 2.45) is 0 Å². The molecule has 3 aromatic rings. The zero-order valence-electron chi connectivity index (χ0n) is 12.3. The number of hydrogen-bond acceptors (Lipinski definition) is 4. The summed E-state index contributed by atoms with van der Waals surface area (Å²) in [7, 11) is 0. The number of carbonyl (C=O) groups excluding carboxylic acids is 2. The van der Waals surface area contributed by atoms with Gasteiger partial charge in [0.15, 0.2) is 5.13 Å². The van der Waals surface area contributed by atoms with Crippen molar-refractivity contribution in [1.82, 2.24) is 4.98 Å². The standard InChI is InChI=1S/C16H14N4O2S/c1-10(21)17-16-20-13-9-12(7-8-14(13)23-16)19-15(22)18-11-5-3-2-4-6-11/h2-9H,1H3,(H,17,20,21)(H2,18,19,22). The lowest BCUT2D eigenvalue weighted by molar-refractivity contribution is -0.114. The molecule has 23 heavy (non-hydrogen) atoms. The number of nitrogens with zero attached hydrogens (tertiary/aromatic N) is 1. The molecule has 0 aliphatic heterocycles. The molecule has 116 valence electrons. The Balaban J connectivity index is 1.72. The van der Waals surface area contributed by atoms with Crippen LogP contribution in [0.4, 0.5) is 21.3 Å². The van der Waals surface area contributed by atoms with Crippen molar-refractivity contribution in [3.05, 3.63) is 48.5 Å². The molecule has 0 saturated carbocycles. The second-order valence-corrected chi connectivity index (χ2v) is 5.86. The lowest BCUT2D eigenvalue weighted by Gasteiger charge is -2.07. The average Bonchev–Trinajstić information content (AvgIpc) is 2.88. The summed E-state index contributed by atoms with van der Waals surface area (Å²) in [4.78, 5) is 27.4. The summed E-state index contributed by atoms with van der Waals surface area (Å²) < 4.78 is 0.933. The van der Waals surface area contributed by atoms with E-state index in [0.717, 1.165) is 10.2 Å². The quantitative estimate of drug-likeness (QED) is 0.682. The van der Waals surface area contributed by atoms with Crippen molar-refractivity contribution < 1.29 is 9.59 Å². The number of para-hydroxylation sites is 1. The van der Waals surface area contributed by atoms with Gasteiger partial charge in [0.2, 0.25) is 5.91 Å². The molecule has 0 spiro atoms. The van der Waals surface area contributed by atoms with E-state index < -0.39 is 0 Å². The first-order valence-electron chi connectivity index (χ1n) is 6.91. The molecule has 3 N–H and O–H groups in total. The number of benzene rings is 2. The van der Waals surface area contributed by atoms with Crippen LogP contribution in [-0.4, -0.2) is 16.9 Å². The Morgan fingerprint density at radius 2 is 1.70 bits per heavy atom. The lowest BCUT2D eigenvalue weighted by Crippen LogP contribution is -2.19. The number of nitrogens with one attached hydrogen (secondary N) is 3. The number of thiazole rings is 1. The molecule has 6 nitrogen and oxygen atoms in total. The first-order chi connectivity index (χ1) is 11.1. The van der Waals surface area contributed by atoms with Crippen molar-refractivity contribution in [2.45, 2.75) is 6.92 Å². The minimum atomic E-state index is -0.326. The Morgan fingerprint density at radius 3 is 2.43 bits per heavy atom. The van der Waals surface area contributed by atoms with Crippen molar-refractivity contribution in [3.8, 4) is 0 Å². The van der Waals surface area contributed by atoms with Gasteiger partial charge >= 0.3 is 6.03 Å². The Bertz CT molecular complexity index is 861. The number of amides is 3. The van der Waals surface area contributed by atoms with E-state index >= 15 is 0 Å². The predicted molar refractivity (Wildman–Crippen MR) is 93.0 cm³/mol. The van der Waals surface area contributed by atoms with Gasteiger partial charge in [-0.2, -0.15) is 0 Å². The maximum atomic E-state index is 12.0. The Kier molecular flexibility index (Phi) is 4.20. The van der Waals surface area contributed by atoms with Crippen LogP contribution >= 0.6 is 11.3 Å². The SMILES string of the molecule is CC(=O)Nc1nc2cc(NC(=O)Nc3ccccc3)ccc2s1. The third-order valence-electron chi connectivity index (χ3n) is 2.96. The fourth-order valence-electron chi connectivity index (χ4n) is 2.02. The van der Waals surface area contributed by atoms with E-state index in [4.69, 9.17) is 0 Å². The van der Waals surface area contributed by atoms with Crippen LogP contribution in [0.25, 0.3) is 10.2 Å². The fraction of sp³-hybridized carbons (Fsp3) is 0.0625. The van der Waals surface area contributed by atoms with Gasteiger partial charge in [-0.15, -0.1) is 0 Å². The first kappa shape index (κ1) is 15.0. The number of anilines is 3. The van der Waals surface area contributed by atoms with E-state index in [1.165, 1.54) is 18.3 Å². The highest BCUT2D eigenvalue weighted by Crippen LogP contribution is 2.28. The largest absolute Gasteiger partial charge is 0.323 e. The zero-order chi connectivity index (χ0) is 16.2. The summed E-state index contributed by atoms with van der Waals surface area (Å²) in [6.45, 7) is 1.44. The zero-order valence-corrected chi connectivity index (χ0v) is 13.1. The van der Waals surface area contributed by atoms with Crippen molar-refractivity contribution in [1.29, 1.82) is 0 Å². The minimum Gasteiger partial charge on any atom is -0.308 e. The number of carbonyl (C=O) groups is 2. The Labute approximate surface area is 136 Å². The highest BCUT2D eigenvalue weighted by molar-refractivity contribution is 7.22. The molecule has 0 aliphatic carbocycles. The summed E-state index contributed by atoms with van der Waals surface area (Å²) in [5.74, 6) is -0.162. The van der Waals surface area contributed by atoms with Crippen LogP contribution < -0.4 is 16.0 Å². The van der Waals surface area contributed by atoms with Gasteiger partial charge in [0.25, 0.3) is 0 Å². The first-order valence-corrected chi connectivity index (χ1v) is 7.73. The molecule has 0 fully saturated rings. The molecule has 0 bridgehead atoms. The van der Waals surface area contributed by atoms with Gasteiger partial charge in [-0.1, -0.05) is 29.5 Å². The van der Waals surface area contributed by atoms with E-state index in [-0.39, 0.29) is 11.9 Å². The third-order valence-corrected chi connectivity index (χ3v) is 3.91. The summed E-state index contributed by atoms with van der Waals surface area (Å²) in [5, 5.41) is 8.70. The maximum Gasteiger partial charge on any atom is 0.323 e. The number of rotatable bonds is 3. The summed E-state index contributed by atoms with van der Waals surface area (Å²) in [6, 6.07) is 14.3. The van der Waals surface area contributed by atoms with Gasteiger partial charge in [0, 0.05) is 18.3 Å². The predicted octanol–water partition coefficient (Wildman–Crippen LogP) is 3.90. The maximum absolute atomic E-state index is 12.0. The molecule has 1 aromatic heterocycles. The number of aromatic nitrogens is 1. The van der Waals surface area contributed by atoms with E-state index in [0.29, 0.717) is 16.5 Å². The molecule has 3 amide bonds. The Morgan fingerprint density at radius 1 is 0.957 bits per heavy atom. The van der Waals surface area contributed by atoms with Gasteiger partial charge in [-0.25, -0.2) is 9.78 Å². The van der Waals surface area contributed by atoms with Crippen LogP contribution in [0, 0.1) is 0 Å². The molecule has 0 atom stereocenters. The van der Waals surface area contributed by atoms with E-state index in [1.807, 2.05) is 36.4 Å². The average molecular weight is 326 g/mol. The van der Waals surface area contributed by atoms with Gasteiger partial charge in [-0.05, 0) is 30.3 Å². The lowest BCUT2D eigenvalue weighted by atomic mass is 10.3. The monoisotopic (exact) mass is 326 g/mol. The van der Waals surface area contributed by atoms with E-state index in [1.54, 1.807) is 12.1 Å². The molecule has 0 saturated heterocycles. The number of hydrogen-bond donors (Lipinski definition) is 3. The van der Waals surface area contributed by atoms with Crippen LogP contribution in [-0.2, 0) is 4.79 Å². The molecular formula is C16H14N4O2S. The molecular weight excluding hydrogens is 312 g/mol. The van der Waals surface area contributed by atoms with Crippen LogP contribution in [0.1, 0.15) is 6.92 Å². The van der Waals surface area contributed by atoms with Crippen LogP contribution in [0.3, 0.4) is 0 Å². The van der Waals surface area contributed by atoms with Crippen LogP contribution in [0.2, 0.25) is 0 Å². The fourth-order valence-corrected chi connectivity index (χ4v) is 2.92. The van der Waals surface area contributed by atoms with Crippen LogP contribution in [0.5, 0.6) is 0 Å². The highest BCUT2D eigenvalue weighted by Gasteiger charge is 2.08. The molecule has 2 aromatic carbocycles. The van der Waals surface area contributed by atoms with Crippen molar-refractivity contribution in [3.63, 3.8) is 0 Å². The van der Waals surface area contributed by atoms with Crippen molar-refractivity contribution >= 4 is 50.0 Å². The molecule has 0 unspecified atom stereocenters. The topological polar surface area (TPSA) is 83.1 Å². The molecule has 1 heterocycles. The minimum absolute atomic E-state index is 0.162. The summed E-state index contributed by atoms with van der Waals surface area (Å²) in [6.07, 6.45) is 0. The van der Waals surface area contributed by atoms with Gasteiger partial charge in [-0.3, -0.25) is 4.79 Å². The molecule has 3 rings (SSSR count). The molecule has 7 heteroatoms. The molecule has 0 radical (unpaired) electrons. The number of fused-ring (bicyclic) bond motifs is 1. The normalized spacial score (nSPS) is 10.3. The second-order valence-electron chi connectivity index (χ2n) is 4.83. The highest BCUT2D eigenvalue weighted by atomic mass is 32.1. The second kappa shape index (κ2) is 6.45. The smallest absolute Gasteiger partial charge is 0.308 e. The summed E-state index contributed by atoms with van der Waals surface area (Å²) >= 11 is 1.38. The van der Waals surface area contributed by atoms with Gasteiger partial charge in [0.1, 0.15) is 0 Å².